The van der Waals surface area contributed by atoms with Gasteiger partial charge >= 0.3 is 5.69 Å². The van der Waals surface area contributed by atoms with E-state index in [-0.39, 0.29) is 22.2 Å². The zero-order valence-electron chi connectivity index (χ0n) is 8.64. The molecule has 1 aromatic heterocycles. The third kappa shape index (κ3) is 1.65. The van der Waals surface area contributed by atoms with Gasteiger partial charge < -0.3 is 4.74 Å². The highest BCUT2D eigenvalue weighted by Gasteiger charge is 2.18. The first-order chi connectivity index (χ1) is 8.04. The second-order valence-electron chi connectivity index (χ2n) is 3.23. The number of nitrogens with one attached hydrogen (secondary N) is 2. The standard InChI is InChI=1S/C9H7N3O5/c1-17-7-3-5-4(2-6(7)12(15)16)8(13)10-11-9(5)14/h2-3H,1H3,(H,10,13)(H,11,14). The molecule has 0 unspecified atom stereocenters. The molecule has 1 heterocycles. The van der Waals surface area contributed by atoms with Gasteiger partial charge in [-0.05, 0) is 0 Å². The van der Waals surface area contributed by atoms with Crippen LogP contribution in [-0.4, -0.2) is 22.2 Å². The number of aromatic nitrogens is 2. The van der Waals surface area contributed by atoms with Gasteiger partial charge in [-0.3, -0.25) is 29.9 Å². The summed E-state index contributed by atoms with van der Waals surface area (Å²) in [7, 11) is 1.25. The minimum Gasteiger partial charge on any atom is -0.490 e. The van der Waals surface area contributed by atoms with Crippen LogP contribution in [0.3, 0.4) is 0 Å². The lowest BCUT2D eigenvalue weighted by atomic mass is 10.1. The van der Waals surface area contributed by atoms with Gasteiger partial charge in [0.25, 0.3) is 11.1 Å². The van der Waals surface area contributed by atoms with Crippen LogP contribution in [0.15, 0.2) is 21.7 Å². The number of benzene rings is 1. The van der Waals surface area contributed by atoms with E-state index in [4.69, 9.17) is 4.74 Å². The minimum atomic E-state index is -0.682. The molecule has 1 aromatic carbocycles. The number of methoxy groups -OCH3 is 1. The van der Waals surface area contributed by atoms with Gasteiger partial charge in [0.15, 0.2) is 5.75 Å². The Bertz CT molecular complexity index is 715. The first kappa shape index (κ1) is 10.9. The average Bonchev–Trinajstić information content (AvgIpc) is 2.32. The molecule has 0 aliphatic carbocycles. The molecule has 0 spiro atoms. The van der Waals surface area contributed by atoms with Crippen molar-refractivity contribution in [2.75, 3.05) is 7.11 Å². The molecule has 8 heteroatoms. The Balaban J connectivity index is 2.98. The molecule has 2 rings (SSSR count). The molecule has 0 bridgehead atoms. The van der Waals surface area contributed by atoms with Crippen molar-refractivity contribution in [3.05, 3.63) is 43.0 Å². The molecule has 0 atom stereocenters. The third-order valence-electron chi connectivity index (χ3n) is 2.29. The Morgan fingerprint density at radius 1 is 1.18 bits per heavy atom. The maximum absolute atomic E-state index is 11.4. The van der Waals surface area contributed by atoms with Gasteiger partial charge in [-0.25, -0.2) is 0 Å². The quantitative estimate of drug-likeness (QED) is 0.568. The van der Waals surface area contributed by atoms with E-state index >= 15 is 0 Å². The van der Waals surface area contributed by atoms with Crippen molar-refractivity contribution in [3.8, 4) is 5.75 Å². The predicted molar refractivity (Wildman–Crippen MR) is 58.4 cm³/mol. The Labute approximate surface area is 93.0 Å². The fourth-order valence-electron chi connectivity index (χ4n) is 1.50. The zero-order valence-corrected chi connectivity index (χ0v) is 8.64. The summed E-state index contributed by atoms with van der Waals surface area (Å²) in [5.74, 6) is -0.0707. The average molecular weight is 237 g/mol. The Kier molecular flexibility index (Phi) is 2.39. The summed E-state index contributed by atoms with van der Waals surface area (Å²) in [4.78, 5) is 32.9. The lowest BCUT2D eigenvalue weighted by molar-refractivity contribution is -0.385. The van der Waals surface area contributed by atoms with Gasteiger partial charge in [0.2, 0.25) is 0 Å². The number of nitro benzene ring substituents is 1. The van der Waals surface area contributed by atoms with Crippen molar-refractivity contribution >= 4 is 16.5 Å². The van der Waals surface area contributed by atoms with Crippen molar-refractivity contribution in [2.24, 2.45) is 0 Å². The SMILES string of the molecule is COc1cc2c(=O)[nH][nH]c(=O)c2cc1[N+](=O)[O-]. The lowest BCUT2D eigenvalue weighted by Gasteiger charge is -2.02. The van der Waals surface area contributed by atoms with Gasteiger partial charge in [-0.15, -0.1) is 0 Å². The lowest BCUT2D eigenvalue weighted by Crippen LogP contribution is -2.19. The van der Waals surface area contributed by atoms with Gasteiger partial charge in [-0.2, -0.15) is 0 Å². The second kappa shape index (κ2) is 3.74. The summed E-state index contributed by atoms with van der Waals surface area (Å²) in [5, 5.41) is 14.9. The number of nitrogens with zero attached hydrogens (tertiary/aromatic N) is 1. The molecule has 0 aliphatic heterocycles. The van der Waals surface area contributed by atoms with Crippen LogP contribution >= 0.6 is 0 Å². The second-order valence-corrected chi connectivity index (χ2v) is 3.23. The highest BCUT2D eigenvalue weighted by atomic mass is 16.6. The Morgan fingerprint density at radius 3 is 2.18 bits per heavy atom. The van der Waals surface area contributed by atoms with E-state index in [0.29, 0.717) is 0 Å². The largest absolute Gasteiger partial charge is 0.490 e. The van der Waals surface area contributed by atoms with Gasteiger partial charge in [0.05, 0.1) is 22.8 Å². The van der Waals surface area contributed by atoms with E-state index in [1.165, 1.54) is 13.2 Å². The number of H-pyrrole nitrogens is 2. The van der Waals surface area contributed by atoms with Crippen LogP contribution in [0, 0.1) is 10.1 Å². The van der Waals surface area contributed by atoms with Crippen LogP contribution in [0.2, 0.25) is 0 Å². The molecular formula is C9H7N3O5. The van der Waals surface area contributed by atoms with Crippen LogP contribution in [-0.2, 0) is 0 Å². The fourth-order valence-corrected chi connectivity index (χ4v) is 1.50. The number of hydrogen-bond acceptors (Lipinski definition) is 5. The van der Waals surface area contributed by atoms with Crippen molar-refractivity contribution in [1.29, 1.82) is 0 Å². The number of fused-ring (bicyclic) bond motifs is 1. The predicted octanol–water partition coefficient (Wildman–Crippen LogP) is 0.133. The minimum absolute atomic E-state index is 0.0381. The summed E-state index contributed by atoms with van der Waals surface area (Å²) in [6, 6.07) is 2.18. The van der Waals surface area contributed by atoms with Crippen LogP contribution in [0.1, 0.15) is 0 Å². The molecule has 0 fully saturated rings. The van der Waals surface area contributed by atoms with Crippen molar-refractivity contribution < 1.29 is 9.66 Å². The van der Waals surface area contributed by atoms with Crippen molar-refractivity contribution in [2.45, 2.75) is 0 Å². The first-order valence-corrected chi connectivity index (χ1v) is 4.51. The summed E-state index contributed by atoms with van der Waals surface area (Å²) in [6.45, 7) is 0. The van der Waals surface area contributed by atoms with E-state index in [2.05, 4.69) is 10.2 Å². The highest BCUT2D eigenvalue weighted by Crippen LogP contribution is 2.29. The molecule has 0 saturated carbocycles. The van der Waals surface area contributed by atoms with Crippen LogP contribution in [0.5, 0.6) is 5.75 Å². The summed E-state index contributed by atoms with van der Waals surface area (Å²) in [5.41, 5.74) is -1.52. The van der Waals surface area contributed by atoms with E-state index in [9.17, 15) is 19.7 Å². The molecule has 0 aliphatic rings. The number of nitro groups is 1. The number of aromatic amines is 2. The molecule has 2 N–H and O–H groups in total. The molecular weight excluding hydrogens is 230 g/mol. The fraction of sp³-hybridized carbons (Fsp3) is 0.111. The molecule has 0 saturated heterocycles. The van der Waals surface area contributed by atoms with Crippen LogP contribution in [0.25, 0.3) is 10.8 Å². The Morgan fingerprint density at radius 2 is 1.71 bits per heavy atom. The summed E-state index contributed by atoms with van der Waals surface area (Å²) in [6.07, 6.45) is 0. The van der Waals surface area contributed by atoms with Crippen LogP contribution in [0.4, 0.5) is 5.69 Å². The summed E-state index contributed by atoms with van der Waals surface area (Å²) < 4.78 is 4.80. The van der Waals surface area contributed by atoms with E-state index in [0.717, 1.165) is 6.07 Å². The van der Waals surface area contributed by atoms with Crippen molar-refractivity contribution in [3.63, 3.8) is 0 Å². The number of rotatable bonds is 2. The van der Waals surface area contributed by atoms with E-state index < -0.39 is 16.0 Å². The molecule has 88 valence electrons. The molecule has 0 radical (unpaired) electrons. The topological polar surface area (TPSA) is 118 Å². The monoisotopic (exact) mass is 237 g/mol. The number of hydrogen-bond donors (Lipinski definition) is 2. The maximum atomic E-state index is 11.4. The molecule has 0 amide bonds. The van der Waals surface area contributed by atoms with E-state index in [1.54, 1.807) is 0 Å². The van der Waals surface area contributed by atoms with Gasteiger partial charge in [0, 0.05) is 12.1 Å². The molecule has 17 heavy (non-hydrogen) atoms. The van der Waals surface area contributed by atoms with Crippen molar-refractivity contribution in [1.82, 2.24) is 10.2 Å². The Hall–Kier alpha value is -2.64. The molecule has 2 aromatic rings. The normalized spacial score (nSPS) is 10.4. The first-order valence-electron chi connectivity index (χ1n) is 4.51. The summed E-state index contributed by atoms with van der Waals surface area (Å²) >= 11 is 0. The van der Waals surface area contributed by atoms with Crippen LogP contribution < -0.4 is 15.9 Å². The van der Waals surface area contributed by atoms with Gasteiger partial charge in [0.1, 0.15) is 0 Å². The van der Waals surface area contributed by atoms with Gasteiger partial charge in [-0.1, -0.05) is 0 Å². The highest BCUT2D eigenvalue weighted by molar-refractivity contribution is 5.85. The third-order valence-corrected chi connectivity index (χ3v) is 2.29. The maximum Gasteiger partial charge on any atom is 0.311 e. The number of ether oxygens (including phenoxy) is 1. The molecule has 8 nitrogen and oxygen atoms in total. The van der Waals surface area contributed by atoms with E-state index in [1.807, 2.05) is 0 Å². The zero-order chi connectivity index (χ0) is 12.6. The smallest absolute Gasteiger partial charge is 0.311 e.